The van der Waals surface area contributed by atoms with E-state index in [-0.39, 0.29) is 17.8 Å². The van der Waals surface area contributed by atoms with Gasteiger partial charge < -0.3 is 54.1 Å². The van der Waals surface area contributed by atoms with Crippen molar-refractivity contribution in [1.29, 1.82) is 0 Å². The van der Waals surface area contributed by atoms with Crippen LogP contribution in [-0.2, 0) is 57.1 Å². The summed E-state index contributed by atoms with van der Waals surface area (Å²) in [6, 6.07) is 0. The number of methoxy groups -OCH3 is 2. The van der Waals surface area contributed by atoms with Crippen LogP contribution in [0.3, 0.4) is 0 Å². The van der Waals surface area contributed by atoms with Crippen LogP contribution >= 0.6 is 0 Å². The Hall–Kier alpha value is -2.40. The van der Waals surface area contributed by atoms with Crippen molar-refractivity contribution in [3.05, 3.63) is 0 Å². The van der Waals surface area contributed by atoms with Gasteiger partial charge in [0.05, 0.1) is 59.4 Å². The highest BCUT2D eigenvalue weighted by molar-refractivity contribution is 5.76. The van der Waals surface area contributed by atoms with E-state index in [9.17, 15) is 19.2 Å². The van der Waals surface area contributed by atoms with E-state index in [1.54, 1.807) is 0 Å². The van der Waals surface area contributed by atoms with Crippen LogP contribution in [0.25, 0.3) is 0 Å². The van der Waals surface area contributed by atoms with Crippen molar-refractivity contribution in [1.82, 2.24) is 5.32 Å². The molecule has 400 valence electrons. The Morgan fingerprint density at radius 1 is 0.403 bits per heavy atom. The predicted octanol–water partition coefficient (Wildman–Crippen LogP) is 10.3. The molecule has 0 unspecified atom stereocenters. The van der Waals surface area contributed by atoms with Crippen LogP contribution in [0.1, 0.15) is 208 Å². The zero-order valence-electron chi connectivity index (χ0n) is 44.3. The van der Waals surface area contributed by atoms with Gasteiger partial charge in [0.1, 0.15) is 5.54 Å². The fourth-order valence-electron chi connectivity index (χ4n) is 6.64. The molecule has 0 bridgehead atoms. The van der Waals surface area contributed by atoms with Crippen molar-refractivity contribution in [3.63, 3.8) is 0 Å². The highest BCUT2D eigenvalue weighted by atomic mass is 16.5. The summed E-state index contributed by atoms with van der Waals surface area (Å²) < 4.78 is 43.3. The average Bonchev–Trinajstić information content (AvgIpc) is 3.31. The van der Waals surface area contributed by atoms with Crippen molar-refractivity contribution < 1.29 is 62.2 Å². The average molecular weight is 965 g/mol. The maximum Gasteiger partial charge on any atom is 0.305 e. The molecule has 67 heavy (non-hydrogen) atoms. The van der Waals surface area contributed by atoms with Crippen LogP contribution in [0.4, 0.5) is 0 Å². The molecule has 0 aromatic carbocycles. The van der Waals surface area contributed by atoms with E-state index in [4.69, 9.17) is 39.3 Å². The van der Waals surface area contributed by atoms with Gasteiger partial charge in [0.25, 0.3) is 0 Å². The summed E-state index contributed by atoms with van der Waals surface area (Å²) in [4.78, 5) is 44.9. The van der Waals surface area contributed by atoms with Gasteiger partial charge >= 0.3 is 17.9 Å². The quantitative estimate of drug-likeness (QED) is 0.0384. The number of carbonyl (C=O) groups is 4. The molecule has 0 atom stereocenters. The molecule has 0 spiro atoms. The molecule has 1 amide bonds. The molecule has 4 N–H and O–H groups in total. The molecule has 0 aromatic rings. The van der Waals surface area contributed by atoms with Gasteiger partial charge in [0, 0.05) is 65.3 Å². The van der Waals surface area contributed by atoms with Gasteiger partial charge in [0.2, 0.25) is 5.91 Å². The molecule has 0 saturated carbocycles. The van der Waals surface area contributed by atoms with E-state index in [0.29, 0.717) is 85.1 Å². The van der Waals surface area contributed by atoms with Crippen LogP contribution in [0.5, 0.6) is 0 Å². The van der Waals surface area contributed by atoms with E-state index < -0.39 is 17.0 Å². The third-order valence-corrected chi connectivity index (χ3v) is 10.3. The molecular formula is C52H104N2O13. The van der Waals surface area contributed by atoms with Crippen molar-refractivity contribution >= 4 is 23.8 Å². The maximum atomic E-state index is 12.7. The zero-order chi connectivity index (χ0) is 50.5. The molecule has 0 heterocycles. The number of rotatable bonds is 47. The fraction of sp³-hybridized carbons (Fsp3) is 0.923. The number of nitrogens with two attached hydrogens (primary N) is 1. The number of carbonyl (C=O) groups excluding carboxylic acids is 3. The highest BCUT2D eigenvalue weighted by Crippen LogP contribution is 2.15. The number of ether oxygens (including phenoxy) is 8. The van der Waals surface area contributed by atoms with Gasteiger partial charge in [0.15, 0.2) is 0 Å². The second kappa shape index (κ2) is 53.0. The maximum absolute atomic E-state index is 12.7. The summed E-state index contributed by atoms with van der Waals surface area (Å²) in [7, 11) is 2.85. The number of esters is 2. The third-order valence-electron chi connectivity index (χ3n) is 10.3. The minimum absolute atomic E-state index is 0.0399. The SMILES string of the molecule is CCCOCC(COCCC)(COCCC)NC(=O)CCCCCCCCCCC(=O)OC.CCCOCC(N)(COCCC)COCCC.COC(=O)CCCCCCCCCCC(=O)O. The van der Waals surface area contributed by atoms with Gasteiger partial charge in [-0.2, -0.15) is 0 Å². The monoisotopic (exact) mass is 965 g/mol. The molecule has 0 rings (SSSR count). The molecule has 15 heteroatoms. The molecular weight excluding hydrogens is 861 g/mol. The Balaban J connectivity index is -0.00000101. The molecule has 0 aliphatic carbocycles. The Labute approximate surface area is 409 Å². The first-order valence-corrected chi connectivity index (χ1v) is 26.3. The van der Waals surface area contributed by atoms with Crippen LogP contribution in [-0.4, -0.2) is 134 Å². The predicted molar refractivity (Wildman–Crippen MR) is 268 cm³/mol. The zero-order valence-corrected chi connectivity index (χ0v) is 44.3. The fourth-order valence-corrected chi connectivity index (χ4v) is 6.64. The summed E-state index contributed by atoms with van der Waals surface area (Å²) in [5, 5.41) is 11.6. The smallest absolute Gasteiger partial charge is 0.305 e. The molecule has 15 nitrogen and oxygen atoms in total. The number of aliphatic carboxylic acids is 1. The van der Waals surface area contributed by atoms with Crippen LogP contribution in [0, 0.1) is 0 Å². The normalized spacial score (nSPS) is 11.3. The van der Waals surface area contributed by atoms with Gasteiger partial charge in [-0.25, -0.2) is 0 Å². The van der Waals surface area contributed by atoms with Crippen LogP contribution < -0.4 is 11.1 Å². The van der Waals surface area contributed by atoms with E-state index in [0.717, 1.165) is 142 Å². The van der Waals surface area contributed by atoms with E-state index >= 15 is 0 Å². The first-order chi connectivity index (χ1) is 32.4. The second-order valence-electron chi connectivity index (χ2n) is 17.7. The molecule has 0 saturated heterocycles. The number of carboxylic acids is 1. The lowest BCUT2D eigenvalue weighted by Crippen LogP contribution is -2.58. The number of hydrogen-bond donors (Lipinski definition) is 3. The van der Waals surface area contributed by atoms with Crippen LogP contribution in [0.2, 0.25) is 0 Å². The van der Waals surface area contributed by atoms with E-state index in [1.807, 2.05) is 0 Å². The topological polar surface area (TPSA) is 200 Å². The minimum atomic E-state index is -0.701. The lowest BCUT2D eigenvalue weighted by molar-refractivity contribution is -0.141. The van der Waals surface area contributed by atoms with Crippen molar-refractivity contribution in [2.24, 2.45) is 5.73 Å². The largest absolute Gasteiger partial charge is 0.481 e. The number of amides is 1. The molecule has 0 aliphatic heterocycles. The summed E-state index contributed by atoms with van der Waals surface area (Å²) in [6.45, 7) is 19.3. The number of hydrogen-bond acceptors (Lipinski definition) is 13. The van der Waals surface area contributed by atoms with Gasteiger partial charge in [-0.1, -0.05) is 119 Å². The summed E-state index contributed by atoms with van der Waals surface area (Å²) in [6.07, 6.45) is 24.6. The minimum Gasteiger partial charge on any atom is -0.481 e. The molecule has 0 fully saturated rings. The van der Waals surface area contributed by atoms with Crippen molar-refractivity contribution in [3.8, 4) is 0 Å². The third kappa shape index (κ3) is 51.3. The Morgan fingerprint density at radius 2 is 0.657 bits per heavy atom. The first kappa shape index (κ1) is 68.9. The summed E-state index contributed by atoms with van der Waals surface area (Å²) in [5.74, 6) is -0.910. The number of nitrogens with one attached hydrogen (secondary N) is 1. The number of carboxylic acid groups (broad SMARTS) is 1. The Bertz CT molecular complexity index is 1050. The lowest BCUT2D eigenvalue weighted by Gasteiger charge is -2.34. The van der Waals surface area contributed by atoms with Crippen LogP contribution in [0.15, 0.2) is 0 Å². The highest BCUT2D eigenvalue weighted by Gasteiger charge is 2.33. The van der Waals surface area contributed by atoms with Crippen molar-refractivity contribution in [2.45, 2.75) is 220 Å². The molecule has 0 aromatic heterocycles. The summed E-state index contributed by atoms with van der Waals surface area (Å²) in [5.41, 5.74) is 5.09. The van der Waals surface area contributed by atoms with Crippen molar-refractivity contribution in [2.75, 3.05) is 93.5 Å². The molecule has 0 aliphatic rings. The van der Waals surface area contributed by atoms with Gasteiger partial charge in [-0.05, 0) is 64.2 Å². The summed E-state index contributed by atoms with van der Waals surface area (Å²) >= 11 is 0. The number of unbranched alkanes of at least 4 members (excludes halogenated alkanes) is 14. The Morgan fingerprint density at radius 3 is 0.925 bits per heavy atom. The van der Waals surface area contributed by atoms with Gasteiger partial charge in [-0.3, -0.25) is 19.2 Å². The first-order valence-electron chi connectivity index (χ1n) is 26.3. The van der Waals surface area contributed by atoms with E-state index in [2.05, 4.69) is 56.3 Å². The lowest BCUT2D eigenvalue weighted by atomic mass is 10.0. The Kier molecular flexibility index (Phi) is 54.4. The van der Waals surface area contributed by atoms with Gasteiger partial charge in [-0.15, -0.1) is 0 Å². The molecule has 0 radical (unpaired) electrons. The standard InChI is InChI=1S/C26H51NO6.C13H29NO3.C13H24O4/c1-5-18-31-21-26(22-32-19-6-2,23-33-20-7-3)27-24(28)16-14-12-10-8-9-11-13-15-17-25(29)30-4;1-4-7-15-10-13(14,11-16-8-5-2)12-17-9-6-3;1-17-13(16)11-9-7-5-3-2-4-6-8-10-12(14)15/h5-23H2,1-4H3,(H,27,28);4-12,14H2,1-3H3;2-11H2,1H3,(H,14,15). The van der Waals surface area contributed by atoms with E-state index in [1.165, 1.54) is 33.5 Å². The second-order valence-corrected chi connectivity index (χ2v) is 17.7.